The van der Waals surface area contributed by atoms with Gasteiger partial charge in [0.05, 0.1) is 15.0 Å². The maximum absolute atomic E-state index is 6.24. The molecule has 100 valence electrons. The third-order valence-corrected chi connectivity index (χ3v) is 5.92. The first-order chi connectivity index (χ1) is 8.58. The molecular formula is C13H18ClIN2S. The smallest absolute Gasteiger partial charge is 0.146 e. The molecule has 0 saturated heterocycles. The Balaban J connectivity index is 2.21. The summed E-state index contributed by atoms with van der Waals surface area (Å²) in [5.41, 5.74) is 1.19. The van der Waals surface area contributed by atoms with Gasteiger partial charge in [0.25, 0.3) is 0 Å². The number of halogens is 2. The first kappa shape index (κ1) is 14.9. The fourth-order valence-corrected chi connectivity index (χ4v) is 3.74. The SMILES string of the molecule is CC(C)SCc1nc(Cl)c(I)c(C2CCCC2)n1. The largest absolute Gasteiger partial charge is 0.236 e. The highest BCUT2D eigenvalue weighted by atomic mass is 127. The Hall–Kier alpha value is 0.450. The van der Waals surface area contributed by atoms with Crippen molar-refractivity contribution in [3.63, 3.8) is 0 Å². The predicted molar refractivity (Wildman–Crippen MR) is 87.4 cm³/mol. The molecule has 5 heteroatoms. The molecule has 18 heavy (non-hydrogen) atoms. The van der Waals surface area contributed by atoms with E-state index < -0.39 is 0 Å². The van der Waals surface area contributed by atoms with Crippen molar-refractivity contribution in [1.82, 2.24) is 9.97 Å². The molecule has 2 nitrogen and oxygen atoms in total. The second-order valence-electron chi connectivity index (χ2n) is 4.97. The summed E-state index contributed by atoms with van der Waals surface area (Å²) in [6, 6.07) is 0. The van der Waals surface area contributed by atoms with Crippen LogP contribution in [-0.4, -0.2) is 15.2 Å². The lowest BCUT2D eigenvalue weighted by Gasteiger charge is -2.13. The van der Waals surface area contributed by atoms with Crippen molar-refractivity contribution in [3.8, 4) is 0 Å². The van der Waals surface area contributed by atoms with Crippen LogP contribution in [0.3, 0.4) is 0 Å². The first-order valence-corrected chi connectivity index (χ1v) is 8.92. The summed E-state index contributed by atoms with van der Waals surface area (Å²) in [5.74, 6) is 2.34. The zero-order chi connectivity index (χ0) is 13.1. The zero-order valence-corrected chi connectivity index (χ0v) is 14.5. The Morgan fingerprint density at radius 2 is 2.00 bits per heavy atom. The molecule has 1 aromatic heterocycles. The van der Waals surface area contributed by atoms with Gasteiger partial charge >= 0.3 is 0 Å². The number of thioether (sulfide) groups is 1. The van der Waals surface area contributed by atoms with E-state index in [0.29, 0.717) is 16.3 Å². The molecule has 0 unspecified atom stereocenters. The number of aromatic nitrogens is 2. The summed E-state index contributed by atoms with van der Waals surface area (Å²) in [5, 5.41) is 1.23. The molecule has 1 saturated carbocycles. The van der Waals surface area contributed by atoms with Gasteiger partial charge in [-0.15, -0.1) is 0 Å². The van der Waals surface area contributed by atoms with Crippen LogP contribution in [0.1, 0.15) is 57.0 Å². The van der Waals surface area contributed by atoms with Gasteiger partial charge in [-0.2, -0.15) is 11.8 Å². The highest BCUT2D eigenvalue weighted by Gasteiger charge is 2.23. The van der Waals surface area contributed by atoms with Crippen molar-refractivity contribution in [2.75, 3.05) is 0 Å². The van der Waals surface area contributed by atoms with Crippen LogP contribution in [0, 0.1) is 3.57 Å². The molecule has 0 aliphatic heterocycles. The fraction of sp³-hybridized carbons (Fsp3) is 0.692. The van der Waals surface area contributed by atoms with Crippen LogP contribution in [-0.2, 0) is 5.75 Å². The van der Waals surface area contributed by atoms with E-state index in [1.165, 1.54) is 31.4 Å². The number of hydrogen-bond acceptors (Lipinski definition) is 3. The van der Waals surface area contributed by atoms with Gasteiger partial charge in [0, 0.05) is 5.92 Å². The maximum Gasteiger partial charge on any atom is 0.146 e. The highest BCUT2D eigenvalue weighted by molar-refractivity contribution is 14.1. The summed E-state index contributed by atoms with van der Waals surface area (Å²) in [4.78, 5) is 9.17. The molecule has 0 N–H and O–H groups in total. The molecule has 1 aromatic rings. The minimum absolute atomic E-state index is 0.597. The second kappa shape index (κ2) is 6.75. The monoisotopic (exact) mass is 396 g/mol. The van der Waals surface area contributed by atoms with E-state index in [1.807, 2.05) is 11.8 Å². The van der Waals surface area contributed by atoms with Crippen molar-refractivity contribution in [2.24, 2.45) is 0 Å². The molecule has 1 heterocycles. The average Bonchev–Trinajstić information content (AvgIpc) is 2.84. The van der Waals surface area contributed by atoms with E-state index in [2.05, 4.69) is 41.4 Å². The van der Waals surface area contributed by atoms with Crippen molar-refractivity contribution in [1.29, 1.82) is 0 Å². The summed E-state index contributed by atoms with van der Waals surface area (Å²) in [7, 11) is 0. The van der Waals surface area contributed by atoms with Crippen molar-refractivity contribution < 1.29 is 0 Å². The van der Waals surface area contributed by atoms with Crippen molar-refractivity contribution in [2.45, 2.75) is 56.5 Å². The Morgan fingerprint density at radius 3 is 2.61 bits per heavy atom. The first-order valence-electron chi connectivity index (χ1n) is 6.41. The number of hydrogen-bond donors (Lipinski definition) is 0. The van der Waals surface area contributed by atoms with Gasteiger partial charge in [0.2, 0.25) is 0 Å². The van der Waals surface area contributed by atoms with Crippen LogP contribution < -0.4 is 0 Å². The average molecular weight is 397 g/mol. The fourth-order valence-electron chi connectivity index (χ4n) is 2.26. The van der Waals surface area contributed by atoms with Crippen LogP contribution in [0.25, 0.3) is 0 Å². The highest BCUT2D eigenvalue weighted by Crippen LogP contribution is 2.37. The zero-order valence-electron chi connectivity index (χ0n) is 10.7. The number of nitrogens with zero attached hydrogens (tertiary/aromatic N) is 2. The summed E-state index contributed by atoms with van der Waals surface area (Å²) < 4.78 is 1.06. The lowest BCUT2D eigenvalue weighted by molar-refractivity contribution is 0.683. The summed E-state index contributed by atoms with van der Waals surface area (Å²) in [6.45, 7) is 4.38. The third kappa shape index (κ3) is 3.73. The van der Waals surface area contributed by atoms with Crippen molar-refractivity contribution >= 4 is 46.0 Å². The van der Waals surface area contributed by atoms with Crippen molar-refractivity contribution in [3.05, 3.63) is 20.2 Å². The Labute approximate surface area is 132 Å². The lowest BCUT2D eigenvalue weighted by Crippen LogP contribution is -2.07. The van der Waals surface area contributed by atoms with Crippen LogP contribution in [0.5, 0.6) is 0 Å². The van der Waals surface area contributed by atoms with E-state index in [9.17, 15) is 0 Å². The molecule has 0 aromatic carbocycles. The minimum Gasteiger partial charge on any atom is -0.236 e. The van der Waals surface area contributed by atoms with Gasteiger partial charge in [-0.1, -0.05) is 38.3 Å². The van der Waals surface area contributed by atoms with Crippen LogP contribution in [0.2, 0.25) is 5.15 Å². The molecule has 0 atom stereocenters. The van der Waals surface area contributed by atoms with Crippen LogP contribution in [0.4, 0.5) is 0 Å². The summed E-state index contributed by atoms with van der Waals surface area (Å²) in [6.07, 6.45) is 5.14. The van der Waals surface area contributed by atoms with E-state index in [1.54, 1.807) is 0 Å². The topological polar surface area (TPSA) is 25.8 Å². The maximum atomic E-state index is 6.24. The molecule has 0 radical (unpaired) electrons. The van der Waals surface area contributed by atoms with Crippen LogP contribution >= 0.6 is 46.0 Å². The van der Waals surface area contributed by atoms with E-state index in [4.69, 9.17) is 16.6 Å². The van der Waals surface area contributed by atoms with Gasteiger partial charge < -0.3 is 0 Å². The molecular weight excluding hydrogens is 379 g/mol. The standard InChI is InChI=1S/C13H18ClIN2S/c1-8(2)18-7-10-16-12(9-5-3-4-6-9)11(15)13(14)17-10/h8-9H,3-7H2,1-2H3. The minimum atomic E-state index is 0.597. The Morgan fingerprint density at radius 1 is 1.33 bits per heavy atom. The quantitative estimate of drug-likeness (QED) is 0.527. The lowest BCUT2D eigenvalue weighted by atomic mass is 10.0. The Kier molecular flexibility index (Phi) is 5.57. The van der Waals surface area contributed by atoms with Gasteiger partial charge in [-0.25, -0.2) is 9.97 Å². The van der Waals surface area contributed by atoms with Crippen LogP contribution in [0.15, 0.2) is 0 Å². The van der Waals surface area contributed by atoms with Gasteiger partial charge in [0.15, 0.2) is 0 Å². The molecule has 1 aliphatic rings. The normalized spacial score (nSPS) is 16.7. The molecule has 2 rings (SSSR count). The van der Waals surface area contributed by atoms with E-state index >= 15 is 0 Å². The van der Waals surface area contributed by atoms with Gasteiger partial charge in [-0.05, 0) is 40.7 Å². The molecule has 0 amide bonds. The molecule has 1 aliphatic carbocycles. The van der Waals surface area contributed by atoms with Gasteiger partial charge in [-0.3, -0.25) is 0 Å². The summed E-state index contributed by atoms with van der Waals surface area (Å²) >= 11 is 10.4. The second-order valence-corrected chi connectivity index (χ2v) is 7.97. The predicted octanol–water partition coefficient (Wildman–Crippen LogP) is 5.03. The number of rotatable bonds is 4. The van der Waals surface area contributed by atoms with E-state index in [-0.39, 0.29) is 0 Å². The Bertz CT molecular complexity index is 420. The van der Waals surface area contributed by atoms with E-state index in [0.717, 1.165) is 15.1 Å². The molecule has 0 bridgehead atoms. The third-order valence-electron chi connectivity index (χ3n) is 3.17. The molecule has 0 spiro atoms. The van der Waals surface area contributed by atoms with Gasteiger partial charge in [0.1, 0.15) is 11.0 Å². The molecule has 1 fully saturated rings.